The van der Waals surface area contributed by atoms with Crippen molar-refractivity contribution in [2.45, 2.75) is 0 Å². The maximum atomic E-state index is 11.5. The number of benzene rings is 2. The molecule has 0 saturated heterocycles. The molecular formula is C18H11ClN2O3. The van der Waals surface area contributed by atoms with E-state index in [2.05, 4.69) is 9.89 Å². The van der Waals surface area contributed by atoms with E-state index in [9.17, 15) is 4.79 Å². The molecule has 1 heterocycles. The maximum Gasteiger partial charge on any atom is 0.348 e. The number of nitrogens with zero attached hydrogens (tertiary/aromatic N) is 2. The second kappa shape index (κ2) is 6.57. The van der Waals surface area contributed by atoms with Crippen molar-refractivity contribution in [1.29, 1.82) is 5.26 Å². The number of nitriles is 1. The van der Waals surface area contributed by atoms with E-state index in [1.807, 2.05) is 18.2 Å². The number of ether oxygens (including phenoxy) is 1. The number of rotatable bonds is 3. The van der Waals surface area contributed by atoms with Crippen LogP contribution in [0.5, 0.6) is 0 Å². The van der Waals surface area contributed by atoms with Crippen LogP contribution < -0.4 is 0 Å². The van der Waals surface area contributed by atoms with Gasteiger partial charge >= 0.3 is 5.97 Å². The Morgan fingerprint density at radius 3 is 2.71 bits per heavy atom. The van der Waals surface area contributed by atoms with E-state index in [1.165, 1.54) is 13.2 Å². The summed E-state index contributed by atoms with van der Waals surface area (Å²) in [5, 5.41) is 14.5. The Bertz CT molecular complexity index is 982. The number of hydrogen-bond acceptors (Lipinski definition) is 5. The molecule has 0 N–H and O–H groups in total. The minimum atomic E-state index is -0.680. The van der Waals surface area contributed by atoms with Gasteiger partial charge in [-0.25, -0.2) is 4.79 Å². The molecule has 5 nitrogen and oxygen atoms in total. The van der Waals surface area contributed by atoms with E-state index >= 15 is 0 Å². The molecule has 6 heteroatoms. The first-order valence-corrected chi connectivity index (χ1v) is 7.35. The Balaban J connectivity index is 2.09. The predicted octanol–water partition coefficient (Wildman–Crippen LogP) is 4.23. The Labute approximate surface area is 142 Å². The molecule has 0 atom stereocenters. The fourth-order valence-corrected chi connectivity index (χ4v) is 2.40. The zero-order valence-corrected chi connectivity index (χ0v) is 13.4. The maximum absolute atomic E-state index is 11.5. The smallest absolute Gasteiger partial charge is 0.348 e. The van der Waals surface area contributed by atoms with Gasteiger partial charge in [0.05, 0.1) is 12.5 Å². The predicted molar refractivity (Wildman–Crippen MR) is 90.1 cm³/mol. The van der Waals surface area contributed by atoms with Gasteiger partial charge in [-0.05, 0) is 48.0 Å². The lowest BCUT2D eigenvalue weighted by Crippen LogP contribution is -2.02. The van der Waals surface area contributed by atoms with Gasteiger partial charge in [-0.1, -0.05) is 22.8 Å². The Morgan fingerprint density at radius 2 is 2.04 bits per heavy atom. The lowest BCUT2D eigenvalue weighted by atomic mass is 10.0. The zero-order chi connectivity index (χ0) is 17.1. The summed E-state index contributed by atoms with van der Waals surface area (Å²) >= 11 is 5.90. The highest BCUT2D eigenvalue weighted by molar-refractivity contribution is 6.30. The van der Waals surface area contributed by atoms with Crippen LogP contribution in [0.1, 0.15) is 5.56 Å². The number of halogens is 1. The zero-order valence-electron chi connectivity index (χ0n) is 12.6. The van der Waals surface area contributed by atoms with Gasteiger partial charge in [0.15, 0.2) is 5.76 Å². The van der Waals surface area contributed by atoms with E-state index in [4.69, 9.17) is 21.4 Å². The highest BCUT2D eigenvalue weighted by Gasteiger charge is 2.13. The van der Waals surface area contributed by atoms with Gasteiger partial charge < -0.3 is 9.26 Å². The molecule has 0 aliphatic carbocycles. The molecule has 0 unspecified atom stereocenters. The molecule has 3 aromatic rings. The van der Waals surface area contributed by atoms with Crippen molar-refractivity contribution in [2.75, 3.05) is 7.11 Å². The highest BCUT2D eigenvalue weighted by atomic mass is 35.5. The van der Waals surface area contributed by atoms with Gasteiger partial charge in [-0.15, -0.1) is 0 Å². The Kier molecular flexibility index (Phi) is 4.32. The van der Waals surface area contributed by atoms with Crippen LogP contribution >= 0.6 is 11.6 Å². The van der Waals surface area contributed by atoms with Crippen molar-refractivity contribution < 1.29 is 14.1 Å². The van der Waals surface area contributed by atoms with E-state index < -0.39 is 5.97 Å². The van der Waals surface area contributed by atoms with Gasteiger partial charge in [0, 0.05) is 10.6 Å². The monoisotopic (exact) mass is 338 g/mol. The van der Waals surface area contributed by atoms with Crippen LogP contribution in [0.2, 0.25) is 5.02 Å². The molecule has 3 rings (SSSR count). The Morgan fingerprint density at radius 1 is 1.29 bits per heavy atom. The van der Waals surface area contributed by atoms with E-state index in [0.29, 0.717) is 21.9 Å². The summed E-state index contributed by atoms with van der Waals surface area (Å²) in [6.07, 6.45) is 1.46. The lowest BCUT2D eigenvalue weighted by molar-refractivity contribution is -0.135. The summed E-state index contributed by atoms with van der Waals surface area (Å²) in [5.74, 6) is -0.0886. The molecule has 0 aliphatic heterocycles. The average molecular weight is 339 g/mol. The van der Waals surface area contributed by atoms with Crippen molar-refractivity contribution in [3.8, 4) is 17.4 Å². The standard InChI is InChI=1S/C18H11ClN2O3/c1-23-18(22)13(10-20)8-11-2-7-16-15(9-11)17(24-21-16)12-3-5-14(19)6-4-12/h2-9H,1H3/b13-8-. The third kappa shape index (κ3) is 3.00. The summed E-state index contributed by atoms with van der Waals surface area (Å²) in [6.45, 7) is 0. The summed E-state index contributed by atoms with van der Waals surface area (Å²) < 4.78 is 10.0. The quantitative estimate of drug-likeness (QED) is 0.406. The molecule has 0 spiro atoms. The third-order valence-electron chi connectivity index (χ3n) is 3.44. The molecule has 0 fully saturated rings. The molecule has 1 aromatic heterocycles. The SMILES string of the molecule is COC(=O)/C(C#N)=C\c1ccc2noc(-c3ccc(Cl)cc3)c2c1. The first-order chi connectivity index (χ1) is 11.6. The second-order valence-electron chi connectivity index (χ2n) is 4.96. The van der Waals surface area contributed by atoms with Crippen LogP contribution in [0.4, 0.5) is 0 Å². The lowest BCUT2D eigenvalue weighted by Gasteiger charge is -1.99. The minimum absolute atomic E-state index is 0.0821. The van der Waals surface area contributed by atoms with Crippen molar-refractivity contribution in [1.82, 2.24) is 5.16 Å². The first-order valence-electron chi connectivity index (χ1n) is 6.98. The fourth-order valence-electron chi connectivity index (χ4n) is 2.27. The van der Waals surface area contributed by atoms with Gasteiger partial charge in [-0.3, -0.25) is 0 Å². The topological polar surface area (TPSA) is 76.1 Å². The second-order valence-corrected chi connectivity index (χ2v) is 5.39. The first kappa shape index (κ1) is 15.8. The van der Waals surface area contributed by atoms with E-state index in [1.54, 1.807) is 30.3 Å². The molecule has 0 bridgehead atoms. The van der Waals surface area contributed by atoms with Crippen LogP contribution in [0.3, 0.4) is 0 Å². The van der Waals surface area contributed by atoms with Crippen LogP contribution in [-0.4, -0.2) is 18.2 Å². The van der Waals surface area contributed by atoms with Gasteiger partial charge in [0.25, 0.3) is 0 Å². The molecule has 118 valence electrons. The highest BCUT2D eigenvalue weighted by Crippen LogP contribution is 2.30. The van der Waals surface area contributed by atoms with Crippen molar-refractivity contribution in [3.05, 3.63) is 58.6 Å². The number of carbonyl (C=O) groups is 1. The summed E-state index contributed by atoms with van der Waals surface area (Å²) in [6, 6.07) is 14.3. The largest absolute Gasteiger partial charge is 0.465 e. The normalized spacial score (nSPS) is 11.3. The van der Waals surface area contributed by atoms with E-state index in [0.717, 1.165) is 10.9 Å². The molecule has 0 radical (unpaired) electrons. The molecular weight excluding hydrogens is 328 g/mol. The van der Waals surface area contributed by atoms with Gasteiger partial charge in [0.2, 0.25) is 0 Å². The number of carbonyl (C=O) groups excluding carboxylic acids is 1. The summed E-state index contributed by atoms with van der Waals surface area (Å²) in [5.41, 5.74) is 2.09. The number of esters is 1. The molecule has 0 saturated carbocycles. The van der Waals surface area contributed by atoms with Crippen LogP contribution in [-0.2, 0) is 9.53 Å². The number of hydrogen-bond donors (Lipinski definition) is 0. The van der Waals surface area contributed by atoms with Gasteiger partial charge in [0.1, 0.15) is 17.2 Å². The number of fused-ring (bicyclic) bond motifs is 1. The van der Waals surface area contributed by atoms with Crippen LogP contribution in [0.15, 0.2) is 52.6 Å². The summed E-state index contributed by atoms with van der Waals surface area (Å²) in [4.78, 5) is 11.5. The fraction of sp³-hybridized carbons (Fsp3) is 0.0556. The van der Waals surface area contributed by atoms with Crippen molar-refractivity contribution >= 4 is 34.5 Å². The number of aromatic nitrogens is 1. The molecule has 24 heavy (non-hydrogen) atoms. The summed E-state index contributed by atoms with van der Waals surface area (Å²) in [7, 11) is 1.23. The molecule has 2 aromatic carbocycles. The van der Waals surface area contributed by atoms with Crippen LogP contribution in [0.25, 0.3) is 28.3 Å². The minimum Gasteiger partial charge on any atom is -0.465 e. The number of methoxy groups -OCH3 is 1. The van der Waals surface area contributed by atoms with Crippen molar-refractivity contribution in [2.24, 2.45) is 0 Å². The molecule has 0 amide bonds. The third-order valence-corrected chi connectivity index (χ3v) is 3.70. The van der Waals surface area contributed by atoms with Gasteiger partial charge in [-0.2, -0.15) is 5.26 Å². The van der Waals surface area contributed by atoms with E-state index in [-0.39, 0.29) is 5.57 Å². The molecule has 0 aliphatic rings. The van der Waals surface area contributed by atoms with Crippen LogP contribution in [0, 0.1) is 11.3 Å². The average Bonchev–Trinajstić information content (AvgIpc) is 3.03. The van der Waals surface area contributed by atoms with Crippen molar-refractivity contribution in [3.63, 3.8) is 0 Å². The Hall–Kier alpha value is -3.10.